The Balaban J connectivity index is 2.33. The molecular formula is C14H14BrN3O2. The van der Waals surface area contributed by atoms with E-state index in [9.17, 15) is 10.1 Å². The first kappa shape index (κ1) is 14.3. The van der Waals surface area contributed by atoms with Crippen molar-refractivity contribution in [1.29, 1.82) is 0 Å². The molecule has 3 N–H and O–H groups in total. The van der Waals surface area contributed by atoms with E-state index in [0.29, 0.717) is 11.4 Å². The monoisotopic (exact) mass is 335 g/mol. The van der Waals surface area contributed by atoms with Gasteiger partial charge in [-0.2, -0.15) is 0 Å². The molecule has 0 amide bonds. The zero-order valence-corrected chi connectivity index (χ0v) is 12.5. The molecule has 6 heteroatoms. The van der Waals surface area contributed by atoms with E-state index in [4.69, 9.17) is 5.73 Å². The third-order valence-electron chi connectivity index (χ3n) is 2.96. The minimum absolute atomic E-state index is 0.0143. The number of nitrogen functional groups attached to an aromatic ring is 1. The van der Waals surface area contributed by atoms with Crippen LogP contribution in [0.2, 0.25) is 0 Å². The number of non-ortho nitro benzene ring substituents is 1. The van der Waals surface area contributed by atoms with E-state index in [0.717, 1.165) is 22.1 Å². The van der Waals surface area contributed by atoms with Crippen LogP contribution in [0.15, 0.2) is 40.9 Å². The first-order chi connectivity index (χ1) is 9.51. The standard InChI is InChI=1S/C14H14BrN3O2/c1-2-9-7-10(15)3-5-13(9)17-14-6-4-11(18(19)20)8-12(14)16/h3-8,17H,2,16H2,1H3. The summed E-state index contributed by atoms with van der Waals surface area (Å²) in [6, 6.07) is 10.3. The lowest BCUT2D eigenvalue weighted by molar-refractivity contribution is -0.384. The van der Waals surface area contributed by atoms with Gasteiger partial charge < -0.3 is 11.1 Å². The number of nitro benzene ring substituents is 1. The van der Waals surface area contributed by atoms with E-state index in [1.807, 2.05) is 18.2 Å². The number of aryl methyl sites for hydroxylation is 1. The lowest BCUT2D eigenvalue weighted by Gasteiger charge is -2.13. The van der Waals surface area contributed by atoms with E-state index in [2.05, 4.69) is 28.2 Å². The van der Waals surface area contributed by atoms with Gasteiger partial charge in [0, 0.05) is 22.3 Å². The fourth-order valence-electron chi connectivity index (χ4n) is 1.90. The highest BCUT2D eigenvalue weighted by molar-refractivity contribution is 9.10. The molecule has 2 aromatic carbocycles. The number of anilines is 3. The molecule has 0 heterocycles. The van der Waals surface area contributed by atoms with Gasteiger partial charge in [-0.1, -0.05) is 22.9 Å². The molecule has 2 aromatic rings. The molecule has 0 saturated heterocycles. The predicted molar refractivity (Wildman–Crippen MR) is 84.3 cm³/mol. The summed E-state index contributed by atoms with van der Waals surface area (Å²) in [4.78, 5) is 10.2. The van der Waals surface area contributed by atoms with Gasteiger partial charge in [-0.25, -0.2) is 0 Å². The van der Waals surface area contributed by atoms with E-state index in [1.54, 1.807) is 6.07 Å². The normalized spacial score (nSPS) is 10.3. The lowest BCUT2D eigenvalue weighted by Crippen LogP contribution is -2.00. The fourth-order valence-corrected chi connectivity index (χ4v) is 2.31. The zero-order valence-electron chi connectivity index (χ0n) is 10.9. The second kappa shape index (κ2) is 5.92. The molecule has 0 radical (unpaired) electrons. The number of hydrogen-bond donors (Lipinski definition) is 2. The molecule has 5 nitrogen and oxygen atoms in total. The van der Waals surface area contributed by atoms with E-state index < -0.39 is 4.92 Å². The van der Waals surface area contributed by atoms with Crippen LogP contribution in [-0.2, 0) is 6.42 Å². The molecule has 0 fully saturated rings. The summed E-state index contributed by atoms with van der Waals surface area (Å²) in [6.07, 6.45) is 0.870. The van der Waals surface area contributed by atoms with Crippen LogP contribution in [0.25, 0.3) is 0 Å². The summed E-state index contributed by atoms with van der Waals surface area (Å²) in [7, 11) is 0. The first-order valence-corrected chi connectivity index (χ1v) is 6.90. The van der Waals surface area contributed by atoms with Crippen LogP contribution in [0.4, 0.5) is 22.7 Å². The van der Waals surface area contributed by atoms with Crippen molar-refractivity contribution in [2.24, 2.45) is 0 Å². The highest BCUT2D eigenvalue weighted by atomic mass is 79.9. The average molecular weight is 336 g/mol. The third-order valence-corrected chi connectivity index (χ3v) is 3.46. The Labute approximate surface area is 125 Å². The van der Waals surface area contributed by atoms with Crippen LogP contribution >= 0.6 is 15.9 Å². The van der Waals surface area contributed by atoms with Crippen LogP contribution in [0.5, 0.6) is 0 Å². The topological polar surface area (TPSA) is 81.2 Å². The third kappa shape index (κ3) is 3.08. The Morgan fingerprint density at radius 2 is 1.95 bits per heavy atom. The van der Waals surface area contributed by atoms with Crippen molar-refractivity contribution in [3.05, 3.63) is 56.5 Å². The van der Waals surface area contributed by atoms with Gasteiger partial charge in [-0.15, -0.1) is 0 Å². The van der Waals surface area contributed by atoms with Gasteiger partial charge in [0.05, 0.1) is 16.3 Å². The minimum atomic E-state index is -0.461. The van der Waals surface area contributed by atoms with Gasteiger partial charge in [-0.3, -0.25) is 10.1 Å². The summed E-state index contributed by atoms with van der Waals surface area (Å²) >= 11 is 3.44. The quantitative estimate of drug-likeness (QED) is 0.497. The highest BCUT2D eigenvalue weighted by Gasteiger charge is 2.10. The van der Waals surface area contributed by atoms with Crippen molar-refractivity contribution >= 4 is 38.7 Å². The number of nitrogens with zero attached hydrogens (tertiary/aromatic N) is 1. The van der Waals surface area contributed by atoms with Crippen molar-refractivity contribution in [2.75, 3.05) is 11.1 Å². The molecule has 104 valence electrons. The second-order valence-corrected chi connectivity index (χ2v) is 5.22. The van der Waals surface area contributed by atoms with Crippen molar-refractivity contribution in [3.63, 3.8) is 0 Å². The van der Waals surface area contributed by atoms with Crippen LogP contribution in [0.3, 0.4) is 0 Å². The van der Waals surface area contributed by atoms with E-state index in [-0.39, 0.29) is 5.69 Å². The smallest absolute Gasteiger partial charge is 0.271 e. The molecule has 2 rings (SSSR count). The summed E-state index contributed by atoms with van der Waals surface area (Å²) in [5, 5.41) is 13.9. The maximum Gasteiger partial charge on any atom is 0.271 e. The van der Waals surface area contributed by atoms with Gasteiger partial charge >= 0.3 is 0 Å². The van der Waals surface area contributed by atoms with Crippen molar-refractivity contribution in [1.82, 2.24) is 0 Å². The lowest BCUT2D eigenvalue weighted by atomic mass is 10.1. The Kier molecular flexibility index (Phi) is 4.24. The molecule has 0 aromatic heterocycles. The molecule has 0 spiro atoms. The first-order valence-electron chi connectivity index (χ1n) is 6.10. The number of hydrogen-bond acceptors (Lipinski definition) is 4. The average Bonchev–Trinajstić information content (AvgIpc) is 2.42. The number of benzene rings is 2. The molecule has 0 saturated carbocycles. The van der Waals surface area contributed by atoms with E-state index in [1.165, 1.54) is 12.1 Å². The minimum Gasteiger partial charge on any atom is -0.397 e. The van der Waals surface area contributed by atoms with Gasteiger partial charge in [-0.05, 0) is 36.2 Å². The van der Waals surface area contributed by atoms with Gasteiger partial charge in [0.15, 0.2) is 0 Å². The maximum absolute atomic E-state index is 10.7. The van der Waals surface area contributed by atoms with Crippen LogP contribution in [0, 0.1) is 10.1 Å². The van der Waals surface area contributed by atoms with E-state index >= 15 is 0 Å². The summed E-state index contributed by atoms with van der Waals surface area (Å²) < 4.78 is 1.01. The predicted octanol–water partition coefficient (Wildman–Crippen LogP) is 4.25. The van der Waals surface area contributed by atoms with Crippen LogP contribution < -0.4 is 11.1 Å². The summed E-state index contributed by atoms with van der Waals surface area (Å²) in [6.45, 7) is 2.06. The Morgan fingerprint density at radius 3 is 2.55 bits per heavy atom. The van der Waals surface area contributed by atoms with Crippen LogP contribution in [-0.4, -0.2) is 4.92 Å². The molecule has 0 aliphatic carbocycles. The fraction of sp³-hybridized carbons (Fsp3) is 0.143. The number of nitro groups is 1. The summed E-state index contributed by atoms with van der Waals surface area (Å²) in [5.74, 6) is 0. The maximum atomic E-state index is 10.7. The number of nitrogens with two attached hydrogens (primary N) is 1. The number of nitrogens with one attached hydrogen (secondary N) is 1. The van der Waals surface area contributed by atoms with Gasteiger partial charge in [0.25, 0.3) is 5.69 Å². The molecule has 20 heavy (non-hydrogen) atoms. The Morgan fingerprint density at radius 1 is 1.25 bits per heavy atom. The zero-order chi connectivity index (χ0) is 14.7. The van der Waals surface area contributed by atoms with Crippen molar-refractivity contribution < 1.29 is 4.92 Å². The van der Waals surface area contributed by atoms with Crippen molar-refractivity contribution in [2.45, 2.75) is 13.3 Å². The molecule has 0 atom stereocenters. The Bertz CT molecular complexity index is 659. The molecule has 0 bridgehead atoms. The van der Waals surface area contributed by atoms with Crippen LogP contribution in [0.1, 0.15) is 12.5 Å². The molecule has 0 aliphatic rings. The molecule has 0 unspecified atom stereocenters. The number of halogens is 1. The van der Waals surface area contributed by atoms with Crippen molar-refractivity contribution in [3.8, 4) is 0 Å². The Hall–Kier alpha value is -2.08. The molecular weight excluding hydrogens is 322 g/mol. The number of rotatable bonds is 4. The second-order valence-electron chi connectivity index (χ2n) is 4.31. The SMILES string of the molecule is CCc1cc(Br)ccc1Nc1ccc([N+](=O)[O-])cc1N. The van der Waals surface area contributed by atoms with Gasteiger partial charge in [0.2, 0.25) is 0 Å². The summed E-state index contributed by atoms with van der Waals surface area (Å²) in [5.41, 5.74) is 8.93. The van der Waals surface area contributed by atoms with Gasteiger partial charge in [0.1, 0.15) is 0 Å². The highest BCUT2D eigenvalue weighted by Crippen LogP contribution is 2.30. The largest absolute Gasteiger partial charge is 0.397 e. The molecule has 0 aliphatic heterocycles.